The summed E-state index contributed by atoms with van der Waals surface area (Å²) in [4.78, 5) is 12.0. The molecule has 20 heavy (non-hydrogen) atoms. The van der Waals surface area contributed by atoms with Crippen LogP contribution in [0.25, 0.3) is 0 Å². The van der Waals surface area contributed by atoms with Crippen LogP contribution >= 0.6 is 11.3 Å². The monoisotopic (exact) mass is 306 g/mol. The van der Waals surface area contributed by atoms with Crippen LogP contribution in [-0.2, 0) is 0 Å². The van der Waals surface area contributed by atoms with Crippen LogP contribution in [0.5, 0.6) is 0 Å². The third kappa shape index (κ3) is 3.65. The van der Waals surface area contributed by atoms with E-state index >= 15 is 0 Å². The molecule has 1 saturated carbocycles. The zero-order chi connectivity index (χ0) is 14.9. The van der Waals surface area contributed by atoms with E-state index in [-0.39, 0.29) is 18.7 Å². The average molecular weight is 306 g/mol. The molecule has 0 aliphatic heterocycles. The zero-order valence-corrected chi connectivity index (χ0v) is 12.0. The number of thiophene rings is 1. The van der Waals surface area contributed by atoms with Crippen LogP contribution in [0.2, 0.25) is 0 Å². The number of nitrogens with one attached hydrogen (secondary N) is 1. The lowest BCUT2D eigenvalue weighted by molar-refractivity contribution is -0.134. The molecule has 1 aliphatic carbocycles. The quantitative estimate of drug-likeness (QED) is 0.613. The number of alkyl halides is 3. The summed E-state index contributed by atoms with van der Waals surface area (Å²) >= 11 is 1.25. The second-order valence-corrected chi connectivity index (χ2v) is 6.08. The van der Waals surface area contributed by atoms with Gasteiger partial charge in [0.25, 0.3) is 0 Å². The van der Waals surface area contributed by atoms with E-state index in [9.17, 15) is 18.0 Å². The third-order valence-corrected chi connectivity index (χ3v) is 4.49. The average Bonchev–Trinajstić information content (AvgIpc) is 3.08. The number of nitrogen functional groups attached to an aromatic ring is 1. The molecule has 0 bridgehead atoms. The van der Waals surface area contributed by atoms with E-state index in [1.54, 1.807) is 0 Å². The minimum atomic E-state index is -4.12. The molecule has 1 heterocycles. The largest absolute Gasteiger partial charge is 0.397 e. The molecule has 3 N–H and O–H groups in total. The van der Waals surface area contributed by atoms with Crippen molar-refractivity contribution in [3.05, 3.63) is 10.4 Å². The van der Waals surface area contributed by atoms with E-state index in [1.165, 1.54) is 18.3 Å². The predicted octanol–water partition coefficient (Wildman–Crippen LogP) is 4.16. The van der Waals surface area contributed by atoms with Gasteiger partial charge in [-0.25, -0.2) is 0 Å². The summed E-state index contributed by atoms with van der Waals surface area (Å²) in [6.07, 6.45) is -2.87. The molecule has 1 fully saturated rings. The molecule has 0 amide bonds. The molecule has 1 aliphatic rings. The minimum Gasteiger partial charge on any atom is -0.397 e. The second-order valence-electron chi connectivity index (χ2n) is 5.06. The highest BCUT2D eigenvalue weighted by Crippen LogP contribution is 2.50. The van der Waals surface area contributed by atoms with Gasteiger partial charge in [-0.3, -0.25) is 4.79 Å². The maximum Gasteiger partial charge on any atom is 0.389 e. The summed E-state index contributed by atoms with van der Waals surface area (Å²) in [5, 5.41) is 3.77. The van der Waals surface area contributed by atoms with E-state index in [4.69, 9.17) is 5.73 Å². The Labute approximate surface area is 119 Å². The molecule has 0 radical (unpaired) electrons. The Hall–Kier alpha value is -1.24. The number of nitrogens with two attached hydrogens (primary N) is 1. The van der Waals surface area contributed by atoms with Gasteiger partial charge in [-0.05, 0) is 25.2 Å². The fourth-order valence-corrected chi connectivity index (χ4v) is 3.25. The van der Waals surface area contributed by atoms with Gasteiger partial charge in [0.1, 0.15) is 0 Å². The summed E-state index contributed by atoms with van der Waals surface area (Å²) in [5.74, 6) is 0.252. The fraction of sp³-hybridized carbons (Fsp3) is 0.615. The number of hydrogen-bond donors (Lipinski definition) is 2. The number of ketones is 1. The lowest BCUT2D eigenvalue weighted by atomic mass is 10.1. The Morgan fingerprint density at radius 3 is 2.60 bits per heavy atom. The first-order valence-corrected chi connectivity index (χ1v) is 7.35. The van der Waals surface area contributed by atoms with Gasteiger partial charge in [-0.2, -0.15) is 13.2 Å². The van der Waals surface area contributed by atoms with Crippen LogP contribution in [0, 0.1) is 0 Å². The van der Waals surface area contributed by atoms with Crippen molar-refractivity contribution in [2.24, 2.45) is 0 Å². The number of Topliss-reactive ketones (excluding diaryl/α,β-unsaturated/α-hetero) is 1. The van der Waals surface area contributed by atoms with Gasteiger partial charge in [-0.1, -0.05) is 0 Å². The zero-order valence-electron chi connectivity index (χ0n) is 11.1. The van der Waals surface area contributed by atoms with Crippen molar-refractivity contribution in [1.29, 1.82) is 0 Å². The maximum absolute atomic E-state index is 12.1. The summed E-state index contributed by atoms with van der Waals surface area (Å²) in [6.45, 7) is 1.68. The van der Waals surface area contributed by atoms with Crippen molar-refractivity contribution in [3.63, 3.8) is 0 Å². The van der Waals surface area contributed by atoms with Crippen LogP contribution < -0.4 is 11.1 Å². The molecule has 0 atom stereocenters. The molecule has 7 heteroatoms. The molecular formula is C13H17F3N2OS. The molecule has 1 aromatic heterocycles. The summed E-state index contributed by atoms with van der Waals surface area (Å²) in [7, 11) is 0. The summed E-state index contributed by atoms with van der Waals surface area (Å²) < 4.78 is 36.2. The highest BCUT2D eigenvalue weighted by atomic mass is 32.1. The maximum atomic E-state index is 12.1. The van der Waals surface area contributed by atoms with Crippen LogP contribution in [0.4, 0.5) is 23.9 Å². The van der Waals surface area contributed by atoms with Gasteiger partial charge >= 0.3 is 6.18 Å². The normalized spacial score (nSPS) is 15.4. The molecule has 3 nitrogen and oxygen atoms in total. The Balaban J connectivity index is 2.03. The Morgan fingerprint density at radius 2 is 2.10 bits per heavy atom. The second kappa shape index (κ2) is 5.63. The lowest BCUT2D eigenvalue weighted by Gasteiger charge is -2.09. The number of hydrogen-bond acceptors (Lipinski definition) is 4. The molecule has 0 spiro atoms. The van der Waals surface area contributed by atoms with Gasteiger partial charge in [0.05, 0.1) is 15.6 Å². The van der Waals surface area contributed by atoms with Gasteiger partial charge in [0.15, 0.2) is 5.78 Å². The van der Waals surface area contributed by atoms with Crippen molar-refractivity contribution >= 4 is 27.8 Å². The smallest absolute Gasteiger partial charge is 0.389 e. The Kier molecular flexibility index (Phi) is 4.27. The fourth-order valence-electron chi connectivity index (χ4n) is 2.12. The number of anilines is 2. The van der Waals surface area contributed by atoms with Crippen molar-refractivity contribution < 1.29 is 18.0 Å². The van der Waals surface area contributed by atoms with E-state index in [1.807, 2.05) is 0 Å². The van der Waals surface area contributed by atoms with Crippen molar-refractivity contribution in [1.82, 2.24) is 0 Å². The number of carbonyl (C=O) groups is 1. The van der Waals surface area contributed by atoms with E-state index in [0.717, 1.165) is 23.4 Å². The van der Waals surface area contributed by atoms with Crippen LogP contribution in [0.15, 0.2) is 0 Å². The van der Waals surface area contributed by atoms with Crippen LogP contribution in [-0.4, -0.2) is 18.5 Å². The first-order valence-electron chi connectivity index (χ1n) is 6.53. The van der Waals surface area contributed by atoms with Crippen LogP contribution in [0.1, 0.15) is 53.8 Å². The SMILES string of the molecule is CC(=O)c1sc(NCCCC(F)(F)F)c(C2CC2)c1N. The molecule has 0 unspecified atom stereocenters. The molecule has 0 saturated heterocycles. The third-order valence-electron chi connectivity index (χ3n) is 3.21. The number of carbonyl (C=O) groups excluding carboxylic acids is 1. The minimum absolute atomic E-state index is 0.0147. The van der Waals surface area contributed by atoms with Gasteiger partial charge in [0.2, 0.25) is 0 Å². The first-order chi connectivity index (χ1) is 9.29. The molecular weight excluding hydrogens is 289 g/mol. The Bertz CT molecular complexity index is 506. The van der Waals surface area contributed by atoms with E-state index in [0.29, 0.717) is 16.5 Å². The van der Waals surface area contributed by atoms with Gasteiger partial charge in [0, 0.05) is 25.5 Å². The molecule has 112 valence electrons. The number of rotatable bonds is 6. The Morgan fingerprint density at radius 1 is 1.45 bits per heavy atom. The summed E-state index contributed by atoms with van der Waals surface area (Å²) in [5.41, 5.74) is 7.42. The lowest BCUT2D eigenvalue weighted by Crippen LogP contribution is -2.11. The van der Waals surface area contributed by atoms with Gasteiger partial charge < -0.3 is 11.1 Å². The predicted molar refractivity (Wildman–Crippen MR) is 74.5 cm³/mol. The standard InChI is InChI=1S/C13H17F3N2OS/c1-7(19)11-10(17)9(8-3-4-8)12(20-11)18-6-2-5-13(14,15)16/h8,18H,2-6,17H2,1H3. The first kappa shape index (κ1) is 15.2. The van der Waals surface area contributed by atoms with Crippen molar-refractivity contribution in [2.75, 3.05) is 17.6 Å². The van der Waals surface area contributed by atoms with Crippen molar-refractivity contribution in [3.8, 4) is 0 Å². The number of halogens is 3. The van der Waals surface area contributed by atoms with Crippen LogP contribution in [0.3, 0.4) is 0 Å². The molecule has 1 aromatic rings. The molecule has 0 aromatic carbocycles. The van der Waals surface area contributed by atoms with Crippen molar-refractivity contribution in [2.45, 2.75) is 44.7 Å². The van der Waals surface area contributed by atoms with E-state index in [2.05, 4.69) is 5.32 Å². The highest BCUT2D eigenvalue weighted by molar-refractivity contribution is 7.18. The summed E-state index contributed by atoms with van der Waals surface area (Å²) in [6, 6.07) is 0. The highest BCUT2D eigenvalue weighted by Gasteiger charge is 2.32. The van der Waals surface area contributed by atoms with E-state index < -0.39 is 12.6 Å². The molecule has 2 rings (SSSR count). The topological polar surface area (TPSA) is 55.1 Å². The van der Waals surface area contributed by atoms with Gasteiger partial charge in [-0.15, -0.1) is 11.3 Å².